The predicted molar refractivity (Wildman–Crippen MR) is 143 cm³/mol. The van der Waals surface area contributed by atoms with Crippen LogP contribution in [-0.4, -0.2) is 44.8 Å². The van der Waals surface area contributed by atoms with Crippen molar-refractivity contribution in [3.8, 4) is 0 Å². The molecule has 0 aliphatic carbocycles. The standard InChI is InChI=1S/C29H25N5O3/c35-26-16-22(21-10-1-2-11-23(21)31-26)28(36)30-20-9-5-7-18(15-20)29(37)34-14-6-8-19(17-34)27-32-24-12-3-4-13-25(24)33-27/h1-5,7,9-13,15-16,19H,6,8,14,17H2,(H,30,36)(H,31,35)(H,32,33). The number of carbonyl (C=O) groups excluding carboxylic acids is 2. The number of benzene rings is 3. The van der Waals surface area contributed by atoms with Crippen LogP contribution in [-0.2, 0) is 0 Å². The second kappa shape index (κ2) is 9.39. The normalized spacial score (nSPS) is 15.7. The van der Waals surface area contributed by atoms with Gasteiger partial charge in [-0.15, -0.1) is 0 Å². The van der Waals surface area contributed by atoms with Crippen molar-refractivity contribution in [2.75, 3.05) is 18.4 Å². The Morgan fingerprint density at radius 2 is 1.73 bits per heavy atom. The average Bonchev–Trinajstić information content (AvgIpc) is 3.37. The van der Waals surface area contributed by atoms with Crippen LogP contribution in [0.2, 0.25) is 0 Å². The van der Waals surface area contributed by atoms with Crippen LogP contribution in [0.25, 0.3) is 21.9 Å². The summed E-state index contributed by atoms with van der Waals surface area (Å²) >= 11 is 0. The van der Waals surface area contributed by atoms with E-state index in [4.69, 9.17) is 4.98 Å². The van der Waals surface area contributed by atoms with Crippen LogP contribution >= 0.6 is 0 Å². The maximum absolute atomic E-state index is 13.4. The molecular weight excluding hydrogens is 466 g/mol. The van der Waals surface area contributed by atoms with Crippen molar-refractivity contribution >= 4 is 39.4 Å². The van der Waals surface area contributed by atoms with Gasteiger partial charge >= 0.3 is 0 Å². The zero-order valence-corrected chi connectivity index (χ0v) is 20.0. The minimum absolute atomic E-state index is 0.0847. The lowest BCUT2D eigenvalue weighted by Gasteiger charge is -2.32. The molecule has 3 N–H and O–H groups in total. The number of amides is 2. The fourth-order valence-corrected chi connectivity index (χ4v) is 5.05. The van der Waals surface area contributed by atoms with Gasteiger partial charge in [-0.1, -0.05) is 36.4 Å². The average molecular weight is 492 g/mol. The smallest absolute Gasteiger partial charge is 0.256 e. The van der Waals surface area contributed by atoms with Gasteiger partial charge in [0.1, 0.15) is 5.82 Å². The number of nitrogens with zero attached hydrogens (tertiary/aromatic N) is 2. The maximum atomic E-state index is 13.4. The minimum atomic E-state index is -0.408. The second-order valence-electron chi connectivity index (χ2n) is 9.36. The highest BCUT2D eigenvalue weighted by atomic mass is 16.2. The Balaban J connectivity index is 1.20. The van der Waals surface area contributed by atoms with Crippen molar-refractivity contribution in [3.63, 3.8) is 0 Å². The number of rotatable bonds is 4. The van der Waals surface area contributed by atoms with Crippen molar-refractivity contribution in [2.24, 2.45) is 0 Å². The van der Waals surface area contributed by atoms with Gasteiger partial charge in [-0.3, -0.25) is 14.4 Å². The number of aromatic amines is 2. The van der Waals surface area contributed by atoms with Crippen LogP contribution < -0.4 is 10.9 Å². The molecular formula is C29H25N5O3. The van der Waals surface area contributed by atoms with Crippen LogP contribution in [0.1, 0.15) is 45.3 Å². The van der Waals surface area contributed by atoms with Crippen LogP contribution in [0.5, 0.6) is 0 Å². The van der Waals surface area contributed by atoms with Gasteiger partial charge in [0.25, 0.3) is 11.8 Å². The molecule has 3 heterocycles. The molecule has 0 bridgehead atoms. The van der Waals surface area contributed by atoms with Crippen molar-refractivity contribution in [1.82, 2.24) is 19.9 Å². The van der Waals surface area contributed by atoms with E-state index in [2.05, 4.69) is 15.3 Å². The van der Waals surface area contributed by atoms with Crippen LogP contribution in [0.3, 0.4) is 0 Å². The molecule has 0 radical (unpaired) electrons. The largest absolute Gasteiger partial charge is 0.342 e. The molecule has 3 aromatic carbocycles. The summed E-state index contributed by atoms with van der Waals surface area (Å²) in [7, 11) is 0. The number of hydrogen-bond donors (Lipinski definition) is 3. The van der Waals surface area contributed by atoms with Crippen molar-refractivity contribution < 1.29 is 9.59 Å². The molecule has 5 aromatic rings. The molecule has 2 aromatic heterocycles. The molecule has 2 amide bonds. The van der Waals surface area contributed by atoms with Gasteiger partial charge < -0.3 is 20.2 Å². The summed E-state index contributed by atoms with van der Waals surface area (Å²) in [6.07, 6.45) is 1.85. The second-order valence-corrected chi connectivity index (χ2v) is 9.36. The van der Waals surface area contributed by atoms with Gasteiger partial charge in [-0.2, -0.15) is 0 Å². The fourth-order valence-electron chi connectivity index (χ4n) is 5.05. The number of hydrogen-bond acceptors (Lipinski definition) is 4. The number of anilines is 1. The Labute approximate surface area is 212 Å². The highest BCUT2D eigenvalue weighted by Crippen LogP contribution is 2.28. The molecule has 1 aliphatic rings. The van der Waals surface area contributed by atoms with E-state index in [1.54, 1.807) is 42.5 Å². The zero-order valence-electron chi connectivity index (χ0n) is 20.0. The topological polar surface area (TPSA) is 111 Å². The third-order valence-electron chi connectivity index (χ3n) is 6.87. The van der Waals surface area contributed by atoms with E-state index in [9.17, 15) is 14.4 Å². The SMILES string of the molecule is O=C(Nc1cccc(C(=O)N2CCCC(c3nc4ccccc4[nH]3)C2)c1)c1cc(=O)[nH]c2ccccc12. The van der Waals surface area contributed by atoms with Crippen LogP contribution in [0.15, 0.2) is 83.7 Å². The number of piperidine rings is 1. The first-order chi connectivity index (χ1) is 18.0. The van der Waals surface area contributed by atoms with Crippen LogP contribution in [0.4, 0.5) is 5.69 Å². The first-order valence-corrected chi connectivity index (χ1v) is 12.3. The number of H-pyrrole nitrogens is 2. The number of nitrogens with one attached hydrogen (secondary N) is 3. The highest BCUT2D eigenvalue weighted by molar-refractivity contribution is 6.12. The molecule has 1 aliphatic heterocycles. The van der Waals surface area contributed by atoms with Gasteiger partial charge in [-0.05, 0) is 49.2 Å². The lowest BCUT2D eigenvalue weighted by molar-refractivity contribution is 0.0704. The fraction of sp³-hybridized carbons (Fsp3) is 0.172. The molecule has 0 spiro atoms. The van der Waals surface area contributed by atoms with E-state index in [1.807, 2.05) is 35.2 Å². The highest BCUT2D eigenvalue weighted by Gasteiger charge is 2.27. The van der Waals surface area contributed by atoms with Crippen molar-refractivity contribution in [1.29, 1.82) is 0 Å². The van der Waals surface area contributed by atoms with Gasteiger partial charge in [0.05, 0.1) is 16.6 Å². The Kier molecular flexibility index (Phi) is 5.76. The number of carbonyl (C=O) groups is 2. The molecule has 6 rings (SSSR count). The van der Waals surface area contributed by atoms with E-state index in [1.165, 1.54) is 6.07 Å². The maximum Gasteiger partial charge on any atom is 0.256 e. The number of aromatic nitrogens is 3. The minimum Gasteiger partial charge on any atom is -0.342 e. The molecule has 0 saturated carbocycles. The van der Waals surface area contributed by atoms with E-state index in [0.717, 1.165) is 29.7 Å². The summed E-state index contributed by atoms with van der Waals surface area (Å²) in [5, 5.41) is 3.50. The summed E-state index contributed by atoms with van der Waals surface area (Å²) in [5.41, 5.74) is 3.44. The predicted octanol–water partition coefficient (Wildman–Crippen LogP) is 4.68. The number of para-hydroxylation sites is 3. The Morgan fingerprint density at radius 1 is 0.919 bits per heavy atom. The lowest BCUT2D eigenvalue weighted by atomic mass is 9.96. The number of imidazole rings is 1. The summed E-state index contributed by atoms with van der Waals surface area (Å²) in [6, 6.07) is 23.3. The molecule has 8 heteroatoms. The summed E-state index contributed by atoms with van der Waals surface area (Å²) in [6.45, 7) is 1.25. The van der Waals surface area contributed by atoms with E-state index >= 15 is 0 Å². The zero-order chi connectivity index (χ0) is 25.4. The monoisotopic (exact) mass is 491 g/mol. The third kappa shape index (κ3) is 4.49. The molecule has 1 unspecified atom stereocenters. The molecule has 184 valence electrons. The lowest BCUT2D eigenvalue weighted by Crippen LogP contribution is -2.39. The quantitative estimate of drug-likeness (QED) is 0.339. The Morgan fingerprint density at radius 3 is 2.59 bits per heavy atom. The Bertz CT molecular complexity index is 1670. The van der Waals surface area contributed by atoms with Gasteiger partial charge in [0.2, 0.25) is 5.56 Å². The molecule has 1 atom stereocenters. The summed E-state index contributed by atoms with van der Waals surface area (Å²) in [5.74, 6) is 0.551. The van der Waals surface area contributed by atoms with Crippen molar-refractivity contribution in [2.45, 2.75) is 18.8 Å². The van der Waals surface area contributed by atoms with Gasteiger partial charge in [0, 0.05) is 47.2 Å². The van der Waals surface area contributed by atoms with Crippen LogP contribution in [0, 0.1) is 0 Å². The molecule has 1 fully saturated rings. The number of likely N-dealkylation sites (tertiary alicyclic amines) is 1. The van der Waals surface area contributed by atoms with Gasteiger partial charge in [0.15, 0.2) is 0 Å². The molecule has 1 saturated heterocycles. The molecule has 8 nitrogen and oxygen atoms in total. The first kappa shape index (κ1) is 22.7. The van der Waals surface area contributed by atoms with Gasteiger partial charge in [-0.25, -0.2) is 4.98 Å². The van der Waals surface area contributed by atoms with E-state index < -0.39 is 5.91 Å². The number of fused-ring (bicyclic) bond motifs is 2. The molecule has 37 heavy (non-hydrogen) atoms. The summed E-state index contributed by atoms with van der Waals surface area (Å²) < 4.78 is 0. The van der Waals surface area contributed by atoms with E-state index in [0.29, 0.717) is 35.2 Å². The Hall–Kier alpha value is -4.72. The summed E-state index contributed by atoms with van der Waals surface area (Å²) in [4.78, 5) is 51.3. The first-order valence-electron chi connectivity index (χ1n) is 12.3. The third-order valence-corrected chi connectivity index (χ3v) is 6.87. The number of pyridine rings is 1. The van der Waals surface area contributed by atoms with Crippen molar-refractivity contribution in [3.05, 3.63) is 106 Å². The van der Waals surface area contributed by atoms with E-state index in [-0.39, 0.29) is 22.9 Å².